The van der Waals surface area contributed by atoms with Gasteiger partial charge < -0.3 is 15.4 Å². The highest BCUT2D eigenvalue weighted by Gasteiger charge is 2.11. The number of aliphatic imine (C=N–C) groups is 1. The Bertz CT molecular complexity index is 522. The lowest BCUT2D eigenvalue weighted by atomic mass is 10.2. The number of alkyl halides is 2. The van der Waals surface area contributed by atoms with Crippen molar-refractivity contribution in [3.8, 4) is 5.75 Å². The third-order valence-electron chi connectivity index (χ3n) is 3.94. The topological polar surface area (TPSA) is 48.9 Å². The summed E-state index contributed by atoms with van der Waals surface area (Å²) in [4.78, 5) is 6.84. The number of para-hydroxylation sites is 1. The number of hydrogen-bond acceptors (Lipinski definition) is 3. The molecule has 0 amide bonds. The maximum atomic E-state index is 12.5. The van der Waals surface area contributed by atoms with Crippen LogP contribution in [0.15, 0.2) is 29.3 Å². The molecule has 0 saturated carbocycles. The van der Waals surface area contributed by atoms with Gasteiger partial charge in [-0.2, -0.15) is 8.78 Å². The molecule has 1 unspecified atom stereocenters. The van der Waals surface area contributed by atoms with E-state index in [0.29, 0.717) is 17.6 Å². The molecular formula is C18H30F2N4O. The summed E-state index contributed by atoms with van der Waals surface area (Å²) in [5.74, 6) is 0.821. The van der Waals surface area contributed by atoms with Crippen molar-refractivity contribution < 1.29 is 13.5 Å². The van der Waals surface area contributed by atoms with Gasteiger partial charge in [0.25, 0.3) is 0 Å². The molecule has 0 heterocycles. The maximum Gasteiger partial charge on any atom is 0.387 e. The fourth-order valence-electron chi connectivity index (χ4n) is 2.57. The van der Waals surface area contributed by atoms with Gasteiger partial charge in [-0.3, -0.25) is 4.90 Å². The molecule has 0 fully saturated rings. The Morgan fingerprint density at radius 1 is 1.16 bits per heavy atom. The van der Waals surface area contributed by atoms with Gasteiger partial charge in [0.05, 0.1) is 6.54 Å². The van der Waals surface area contributed by atoms with E-state index in [9.17, 15) is 8.78 Å². The minimum atomic E-state index is -2.84. The highest BCUT2D eigenvalue weighted by atomic mass is 19.3. The molecule has 0 spiro atoms. The van der Waals surface area contributed by atoms with E-state index in [1.807, 2.05) is 6.92 Å². The minimum absolute atomic E-state index is 0.161. The monoisotopic (exact) mass is 356 g/mol. The number of rotatable bonds is 10. The van der Waals surface area contributed by atoms with E-state index in [1.54, 1.807) is 18.2 Å². The van der Waals surface area contributed by atoms with E-state index >= 15 is 0 Å². The summed E-state index contributed by atoms with van der Waals surface area (Å²) in [5, 5.41) is 6.48. The molecule has 0 aliphatic heterocycles. The molecule has 1 aromatic carbocycles. The smallest absolute Gasteiger partial charge is 0.387 e. The number of hydrogen-bond donors (Lipinski definition) is 2. The van der Waals surface area contributed by atoms with Crippen LogP contribution in [0.4, 0.5) is 8.78 Å². The first-order valence-corrected chi connectivity index (χ1v) is 8.80. The van der Waals surface area contributed by atoms with Gasteiger partial charge in [-0.1, -0.05) is 32.0 Å². The molecule has 25 heavy (non-hydrogen) atoms. The third-order valence-corrected chi connectivity index (χ3v) is 3.94. The van der Waals surface area contributed by atoms with Gasteiger partial charge in [0.1, 0.15) is 5.75 Å². The van der Waals surface area contributed by atoms with Crippen LogP contribution in [0.2, 0.25) is 0 Å². The second-order valence-corrected chi connectivity index (χ2v) is 5.63. The van der Waals surface area contributed by atoms with Crippen molar-refractivity contribution in [2.24, 2.45) is 4.99 Å². The SMILES string of the molecule is CCNC(=NCc1ccccc1OC(F)F)NCC(C)N(CC)CC. The molecule has 1 rings (SSSR count). The van der Waals surface area contributed by atoms with Gasteiger partial charge in [-0.25, -0.2) is 4.99 Å². The number of likely N-dealkylation sites (N-methyl/N-ethyl adjacent to an activating group) is 1. The average Bonchev–Trinajstić information content (AvgIpc) is 2.59. The summed E-state index contributed by atoms with van der Waals surface area (Å²) in [6.45, 7) is 9.30. The van der Waals surface area contributed by atoms with E-state index in [-0.39, 0.29) is 12.3 Å². The zero-order valence-electron chi connectivity index (χ0n) is 15.6. The van der Waals surface area contributed by atoms with Crippen molar-refractivity contribution in [1.82, 2.24) is 15.5 Å². The fraction of sp³-hybridized carbons (Fsp3) is 0.611. The molecule has 0 saturated heterocycles. The Morgan fingerprint density at radius 2 is 1.84 bits per heavy atom. The second kappa shape index (κ2) is 11.6. The van der Waals surface area contributed by atoms with Crippen LogP contribution in [0, 0.1) is 0 Å². The zero-order valence-corrected chi connectivity index (χ0v) is 15.6. The standard InChI is InChI=1S/C18H30F2N4O/c1-5-21-18(22-12-14(4)24(6-2)7-3)23-13-15-10-8-9-11-16(15)25-17(19)20/h8-11,14,17H,5-7,12-13H2,1-4H3,(H2,21,22,23). The summed E-state index contributed by atoms with van der Waals surface area (Å²) in [7, 11) is 0. The normalized spacial score (nSPS) is 13.2. The number of nitrogens with zero attached hydrogens (tertiary/aromatic N) is 2. The summed E-state index contributed by atoms with van der Waals surface area (Å²) in [5.41, 5.74) is 0.622. The van der Waals surface area contributed by atoms with E-state index in [4.69, 9.17) is 0 Å². The first-order valence-electron chi connectivity index (χ1n) is 8.80. The Balaban J connectivity index is 2.73. The fourth-order valence-corrected chi connectivity index (χ4v) is 2.57. The minimum Gasteiger partial charge on any atom is -0.434 e. The predicted octanol–water partition coefficient (Wildman–Crippen LogP) is 3.07. The summed E-state index contributed by atoms with van der Waals surface area (Å²) >= 11 is 0. The van der Waals surface area contributed by atoms with E-state index in [1.165, 1.54) is 6.07 Å². The Kier molecular flexibility index (Phi) is 9.84. The summed E-state index contributed by atoms with van der Waals surface area (Å²) < 4.78 is 29.5. The summed E-state index contributed by atoms with van der Waals surface area (Å²) in [6.07, 6.45) is 0. The molecule has 0 aliphatic rings. The number of nitrogens with one attached hydrogen (secondary N) is 2. The van der Waals surface area contributed by atoms with Crippen LogP contribution in [0.3, 0.4) is 0 Å². The lowest BCUT2D eigenvalue weighted by Crippen LogP contribution is -2.46. The largest absolute Gasteiger partial charge is 0.434 e. The first kappa shape index (κ1) is 21.2. The molecule has 1 aromatic rings. The Morgan fingerprint density at radius 3 is 2.44 bits per heavy atom. The lowest BCUT2D eigenvalue weighted by Gasteiger charge is -2.27. The van der Waals surface area contributed by atoms with Gasteiger partial charge in [0, 0.05) is 24.7 Å². The molecular weight excluding hydrogens is 326 g/mol. The van der Waals surface area contributed by atoms with Crippen LogP contribution >= 0.6 is 0 Å². The number of halogens is 2. The van der Waals surface area contributed by atoms with Crippen molar-refractivity contribution in [2.75, 3.05) is 26.2 Å². The van der Waals surface area contributed by atoms with Crippen molar-refractivity contribution in [3.05, 3.63) is 29.8 Å². The maximum absolute atomic E-state index is 12.5. The van der Waals surface area contributed by atoms with Gasteiger partial charge in [0.15, 0.2) is 5.96 Å². The zero-order chi connectivity index (χ0) is 18.7. The van der Waals surface area contributed by atoms with Crippen molar-refractivity contribution in [2.45, 2.75) is 46.9 Å². The first-order chi connectivity index (χ1) is 12.0. The number of ether oxygens (including phenoxy) is 1. The van der Waals surface area contributed by atoms with Gasteiger partial charge >= 0.3 is 6.61 Å². The van der Waals surface area contributed by atoms with Crippen LogP contribution < -0.4 is 15.4 Å². The Hall–Kier alpha value is -1.89. The predicted molar refractivity (Wildman–Crippen MR) is 98.3 cm³/mol. The van der Waals surface area contributed by atoms with Crippen LogP contribution in [-0.4, -0.2) is 49.7 Å². The third kappa shape index (κ3) is 7.69. The number of benzene rings is 1. The van der Waals surface area contributed by atoms with Crippen molar-refractivity contribution in [3.63, 3.8) is 0 Å². The average molecular weight is 356 g/mol. The quantitative estimate of drug-likeness (QED) is 0.500. The van der Waals surface area contributed by atoms with Crippen LogP contribution in [0.5, 0.6) is 5.75 Å². The molecule has 0 aromatic heterocycles. The highest BCUT2D eigenvalue weighted by molar-refractivity contribution is 5.79. The molecule has 142 valence electrons. The molecule has 2 N–H and O–H groups in total. The molecule has 0 aliphatic carbocycles. The van der Waals surface area contributed by atoms with Gasteiger partial charge in [-0.15, -0.1) is 0 Å². The van der Waals surface area contributed by atoms with E-state index < -0.39 is 6.61 Å². The van der Waals surface area contributed by atoms with Gasteiger partial charge in [-0.05, 0) is 33.0 Å². The van der Waals surface area contributed by atoms with E-state index in [0.717, 1.165) is 26.2 Å². The number of guanidine groups is 1. The van der Waals surface area contributed by atoms with Gasteiger partial charge in [0.2, 0.25) is 0 Å². The molecule has 0 bridgehead atoms. The molecule has 1 atom stereocenters. The van der Waals surface area contributed by atoms with Crippen molar-refractivity contribution >= 4 is 5.96 Å². The van der Waals surface area contributed by atoms with Crippen LogP contribution in [0.1, 0.15) is 33.3 Å². The molecule has 7 heteroatoms. The molecule has 0 radical (unpaired) electrons. The van der Waals surface area contributed by atoms with Crippen LogP contribution in [-0.2, 0) is 6.54 Å². The molecule has 5 nitrogen and oxygen atoms in total. The van der Waals surface area contributed by atoms with E-state index in [2.05, 4.69) is 46.0 Å². The Labute approximate surface area is 149 Å². The summed E-state index contributed by atoms with van der Waals surface area (Å²) in [6, 6.07) is 7.09. The van der Waals surface area contributed by atoms with Crippen molar-refractivity contribution in [1.29, 1.82) is 0 Å². The lowest BCUT2D eigenvalue weighted by molar-refractivity contribution is -0.0504. The second-order valence-electron chi connectivity index (χ2n) is 5.63. The highest BCUT2D eigenvalue weighted by Crippen LogP contribution is 2.20. The van der Waals surface area contributed by atoms with Crippen LogP contribution in [0.25, 0.3) is 0 Å².